The minimum Gasteiger partial charge on any atom is -0.351 e. The Labute approximate surface area is 188 Å². The lowest BCUT2D eigenvalue weighted by atomic mass is 10.2. The molecular weight excluding hydrogens is 433 g/mol. The number of nitro groups is 1. The van der Waals surface area contributed by atoms with E-state index < -0.39 is 4.92 Å². The van der Waals surface area contributed by atoms with Crippen molar-refractivity contribution in [1.29, 1.82) is 0 Å². The molecule has 0 spiro atoms. The minimum absolute atomic E-state index is 0.0157. The van der Waals surface area contributed by atoms with E-state index in [1.54, 1.807) is 24.3 Å². The van der Waals surface area contributed by atoms with Gasteiger partial charge >= 0.3 is 0 Å². The summed E-state index contributed by atoms with van der Waals surface area (Å²) < 4.78 is 14.7. The number of non-ortho nitro benzene ring substituents is 1. The number of aromatic nitrogens is 1. The highest BCUT2D eigenvalue weighted by molar-refractivity contribution is 7.22. The number of amides is 1. The molecule has 0 radical (unpaired) electrons. The van der Waals surface area contributed by atoms with Crippen molar-refractivity contribution in [3.05, 3.63) is 70.0 Å². The second kappa shape index (κ2) is 9.84. The number of nitro benzene ring substituents is 1. The van der Waals surface area contributed by atoms with Crippen LogP contribution in [0.5, 0.6) is 0 Å². The van der Waals surface area contributed by atoms with Gasteiger partial charge in [0.15, 0.2) is 5.13 Å². The maximum Gasteiger partial charge on any atom is 0.269 e. The Balaban J connectivity index is 1.19. The van der Waals surface area contributed by atoms with Crippen LogP contribution in [-0.4, -0.2) is 60.0 Å². The quantitative estimate of drug-likeness (QED) is 0.334. The van der Waals surface area contributed by atoms with Gasteiger partial charge in [-0.2, -0.15) is 0 Å². The molecular formula is C22H22FN5O3S. The number of nitrogens with one attached hydrogen (secondary N) is 1. The van der Waals surface area contributed by atoms with Gasteiger partial charge in [-0.15, -0.1) is 0 Å². The number of anilines is 1. The molecule has 166 valence electrons. The Morgan fingerprint density at radius 1 is 1.19 bits per heavy atom. The van der Waals surface area contributed by atoms with Crippen LogP contribution in [0.15, 0.2) is 48.5 Å². The van der Waals surface area contributed by atoms with Gasteiger partial charge in [-0.3, -0.25) is 19.8 Å². The predicted octanol–water partition coefficient (Wildman–Crippen LogP) is 3.30. The van der Waals surface area contributed by atoms with Crippen LogP contribution in [-0.2, 0) is 4.79 Å². The molecule has 8 nitrogen and oxygen atoms in total. The molecule has 0 bridgehead atoms. The number of halogens is 1. The van der Waals surface area contributed by atoms with Gasteiger partial charge in [0.2, 0.25) is 5.91 Å². The molecule has 1 saturated heterocycles. The van der Waals surface area contributed by atoms with Crippen molar-refractivity contribution in [3.63, 3.8) is 0 Å². The van der Waals surface area contributed by atoms with Gasteiger partial charge in [-0.05, 0) is 35.9 Å². The molecule has 1 fully saturated rings. The van der Waals surface area contributed by atoms with E-state index >= 15 is 0 Å². The van der Waals surface area contributed by atoms with Gasteiger partial charge in [-0.1, -0.05) is 17.4 Å². The number of thiazole rings is 1. The average molecular weight is 456 g/mol. The molecule has 1 aromatic heterocycles. The number of carbonyl (C=O) groups excluding carboxylic acids is 1. The molecule has 2 heterocycles. The molecule has 0 saturated carbocycles. The van der Waals surface area contributed by atoms with E-state index in [9.17, 15) is 19.3 Å². The van der Waals surface area contributed by atoms with E-state index in [2.05, 4.69) is 20.1 Å². The summed E-state index contributed by atoms with van der Waals surface area (Å²) in [5, 5.41) is 14.4. The van der Waals surface area contributed by atoms with E-state index in [1.807, 2.05) is 6.07 Å². The Hall–Kier alpha value is -3.37. The summed E-state index contributed by atoms with van der Waals surface area (Å²) in [5.41, 5.74) is 1.16. The van der Waals surface area contributed by atoms with Gasteiger partial charge in [0, 0.05) is 57.5 Å². The van der Waals surface area contributed by atoms with Crippen LogP contribution in [0.2, 0.25) is 0 Å². The summed E-state index contributed by atoms with van der Waals surface area (Å²) in [4.78, 5) is 31.1. The average Bonchev–Trinajstić information content (AvgIpc) is 3.24. The molecule has 32 heavy (non-hydrogen) atoms. The van der Waals surface area contributed by atoms with E-state index in [0.717, 1.165) is 48.1 Å². The van der Waals surface area contributed by atoms with Crippen molar-refractivity contribution in [2.75, 3.05) is 44.2 Å². The highest BCUT2D eigenvalue weighted by atomic mass is 32.1. The topological polar surface area (TPSA) is 91.6 Å². The van der Waals surface area contributed by atoms with Crippen molar-refractivity contribution >= 4 is 44.4 Å². The number of hydrogen-bond donors (Lipinski definition) is 1. The Bertz CT molecular complexity index is 1140. The zero-order valence-corrected chi connectivity index (χ0v) is 18.1. The number of fused-ring (bicyclic) bond motifs is 1. The van der Waals surface area contributed by atoms with Crippen molar-refractivity contribution in [3.8, 4) is 0 Å². The van der Waals surface area contributed by atoms with Crippen LogP contribution >= 0.6 is 11.3 Å². The fraction of sp³-hybridized carbons (Fsp3) is 0.273. The molecule has 1 N–H and O–H groups in total. The van der Waals surface area contributed by atoms with Crippen molar-refractivity contribution in [1.82, 2.24) is 15.2 Å². The van der Waals surface area contributed by atoms with Gasteiger partial charge in [-0.25, -0.2) is 9.37 Å². The fourth-order valence-electron chi connectivity index (χ4n) is 3.48. The second-order valence-electron chi connectivity index (χ2n) is 7.38. The third-order valence-electron chi connectivity index (χ3n) is 5.26. The van der Waals surface area contributed by atoms with Crippen LogP contribution < -0.4 is 10.2 Å². The van der Waals surface area contributed by atoms with Crippen LogP contribution in [0.1, 0.15) is 5.56 Å². The van der Waals surface area contributed by atoms with Crippen LogP contribution in [0.25, 0.3) is 16.3 Å². The highest BCUT2D eigenvalue weighted by Gasteiger charge is 2.20. The standard InChI is InChI=1S/C22H22FN5O3S/c23-18-2-1-3-19-21(18)25-22(32-19)27-14-12-26(13-15-27)11-10-24-20(29)9-6-16-4-7-17(8-5-16)28(30)31/h1-9H,10-15H2,(H,24,29)/b9-6-. The normalized spacial score (nSPS) is 14.8. The number of benzene rings is 2. The number of carbonyl (C=O) groups is 1. The van der Waals surface area contributed by atoms with Crippen molar-refractivity contribution in [2.24, 2.45) is 0 Å². The van der Waals surface area contributed by atoms with Gasteiger partial charge in [0.1, 0.15) is 11.3 Å². The third kappa shape index (κ3) is 5.27. The van der Waals surface area contributed by atoms with E-state index in [0.29, 0.717) is 12.1 Å². The monoisotopic (exact) mass is 455 g/mol. The Morgan fingerprint density at radius 2 is 1.94 bits per heavy atom. The summed E-state index contributed by atoms with van der Waals surface area (Å²) >= 11 is 1.51. The number of hydrogen-bond acceptors (Lipinski definition) is 7. The molecule has 4 rings (SSSR count). The Morgan fingerprint density at radius 3 is 2.62 bits per heavy atom. The largest absolute Gasteiger partial charge is 0.351 e. The summed E-state index contributed by atoms with van der Waals surface area (Å²) in [5.74, 6) is -0.500. The fourth-order valence-corrected chi connectivity index (χ4v) is 4.51. The van der Waals surface area contributed by atoms with Crippen LogP contribution in [0.3, 0.4) is 0 Å². The molecule has 0 unspecified atom stereocenters. The molecule has 1 aliphatic heterocycles. The summed E-state index contributed by atoms with van der Waals surface area (Å²) in [7, 11) is 0. The summed E-state index contributed by atoms with van der Waals surface area (Å²) in [6, 6.07) is 11.0. The van der Waals surface area contributed by atoms with Crippen molar-refractivity contribution in [2.45, 2.75) is 0 Å². The number of rotatable bonds is 7. The van der Waals surface area contributed by atoms with E-state index in [-0.39, 0.29) is 17.4 Å². The number of para-hydroxylation sites is 1. The third-order valence-corrected chi connectivity index (χ3v) is 6.34. The minimum atomic E-state index is -0.459. The molecule has 1 aliphatic rings. The Kier molecular flexibility index (Phi) is 6.72. The van der Waals surface area contributed by atoms with Crippen LogP contribution in [0.4, 0.5) is 15.2 Å². The maximum atomic E-state index is 13.9. The highest BCUT2D eigenvalue weighted by Crippen LogP contribution is 2.30. The SMILES string of the molecule is O=C(/C=C\c1ccc([N+](=O)[O-])cc1)NCCN1CCN(c2nc3c(F)cccc3s2)CC1. The molecule has 1 amide bonds. The number of nitrogens with zero attached hydrogens (tertiary/aromatic N) is 4. The predicted molar refractivity (Wildman–Crippen MR) is 123 cm³/mol. The molecule has 2 aromatic carbocycles. The molecule has 3 aromatic rings. The number of piperazine rings is 1. The van der Waals surface area contributed by atoms with Crippen LogP contribution in [0, 0.1) is 15.9 Å². The first-order valence-electron chi connectivity index (χ1n) is 10.2. The smallest absolute Gasteiger partial charge is 0.269 e. The summed E-state index contributed by atoms with van der Waals surface area (Å²) in [6.45, 7) is 4.54. The first-order valence-corrected chi connectivity index (χ1v) is 11.0. The second-order valence-corrected chi connectivity index (χ2v) is 8.39. The molecule has 0 atom stereocenters. The zero-order valence-electron chi connectivity index (χ0n) is 17.2. The lowest BCUT2D eigenvalue weighted by molar-refractivity contribution is -0.384. The lowest BCUT2D eigenvalue weighted by Crippen LogP contribution is -2.48. The molecule has 10 heteroatoms. The zero-order chi connectivity index (χ0) is 22.5. The first kappa shape index (κ1) is 21.8. The maximum absolute atomic E-state index is 13.9. The van der Waals surface area contributed by atoms with Gasteiger partial charge < -0.3 is 10.2 Å². The van der Waals surface area contributed by atoms with Crippen molar-refractivity contribution < 1.29 is 14.1 Å². The van der Waals surface area contributed by atoms with Gasteiger partial charge in [0.05, 0.1) is 9.62 Å². The van der Waals surface area contributed by atoms with E-state index in [1.165, 1.54) is 35.6 Å². The van der Waals surface area contributed by atoms with Gasteiger partial charge in [0.25, 0.3) is 5.69 Å². The lowest BCUT2D eigenvalue weighted by Gasteiger charge is -2.34. The first-order chi connectivity index (χ1) is 15.5. The summed E-state index contributed by atoms with van der Waals surface area (Å²) in [6.07, 6.45) is 3.05. The van der Waals surface area contributed by atoms with E-state index in [4.69, 9.17) is 0 Å². The molecule has 0 aliphatic carbocycles.